The number of anilines is 1. The molecule has 1 aromatic heterocycles. The summed E-state index contributed by atoms with van der Waals surface area (Å²) in [7, 11) is 0. The highest BCUT2D eigenvalue weighted by Crippen LogP contribution is 2.32. The number of hydrogen-bond acceptors (Lipinski definition) is 5. The first kappa shape index (κ1) is 16.5. The highest BCUT2D eigenvalue weighted by molar-refractivity contribution is 5.94. The Hall–Kier alpha value is -3.35. The Bertz CT molecular complexity index is 1020. The van der Waals surface area contributed by atoms with Crippen LogP contribution in [0.1, 0.15) is 11.1 Å². The molecule has 1 amide bonds. The third kappa shape index (κ3) is 3.30. The monoisotopic (exact) mass is 343 g/mol. The molecule has 6 nitrogen and oxygen atoms in total. The number of nitrogens with one attached hydrogen (secondary N) is 1. The number of rotatable bonds is 3. The van der Waals surface area contributed by atoms with Crippen molar-refractivity contribution in [3.05, 3.63) is 63.8 Å². The van der Waals surface area contributed by atoms with E-state index in [1.54, 1.807) is 6.92 Å². The maximum absolute atomic E-state index is 12.9. The maximum Gasteiger partial charge on any atom is 0.340 e. The number of aromatic hydroxyl groups is 2. The highest BCUT2D eigenvalue weighted by Gasteiger charge is 2.18. The Labute approximate surface area is 141 Å². The van der Waals surface area contributed by atoms with E-state index in [2.05, 4.69) is 5.32 Å². The fourth-order valence-corrected chi connectivity index (χ4v) is 2.61. The summed E-state index contributed by atoms with van der Waals surface area (Å²) < 4.78 is 18.0. The van der Waals surface area contributed by atoms with Gasteiger partial charge in [-0.05, 0) is 36.8 Å². The summed E-state index contributed by atoms with van der Waals surface area (Å²) in [6.07, 6.45) is -0.276. The second-order valence-electron chi connectivity index (χ2n) is 5.56. The van der Waals surface area contributed by atoms with E-state index < -0.39 is 17.3 Å². The molecule has 0 fully saturated rings. The van der Waals surface area contributed by atoms with Gasteiger partial charge in [-0.25, -0.2) is 9.18 Å². The number of benzene rings is 2. The lowest BCUT2D eigenvalue weighted by molar-refractivity contribution is -0.115. The van der Waals surface area contributed by atoms with Gasteiger partial charge < -0.3 is 19.9 Å². The number of amides is 1. The lowest BCUT2D eigenvalue weighted by Crippen LogP contribution is -2.20. The van der Waals surface area contributed by atoms with E-state index in [-0.39, 0.29) is 34.5 Å². The normalized spacial score (nSPS) is 10.8. The van der Waals surface area contributed by atoms with E-state index in [4.69, 9.17) is 4.42 Å². The summed E-state index contributed by atoms with van der Waals surface area (Å²) in [5.41, 5.74) is 0.167. The first-order chi connectivity index (χ1) is 11.8. The van der Waals surface area contributed by atoms with Gasteiger partial charge in [0.05, 0.1) is 17.4 Å². The molecule has 0 saturated carbocycles. The van der Waals surface area contributed by atoms with Crippen LogP contribution in [0, 0.1) is 12.7 Å². The third-order valence-electron chi connectivity index (χ3n) is 3.81. The van der Waals surface area contributed by atoms with Gasteiger partial charge in [-0.15, -0.1) is 0 Å². The van der Waals surface area contributed by atoms with Gasteiger partial charge in [0.25, 0.3) is 0 Å². The van der Waals surface area contributed by atoms with E-state index in [1.165, 1.54) is 30.3 Å². The van der Waals surface area contributed by atoms with Crippen LogP contribution in [-0.4, -0.2) is 16.1 Å². The first-order valence-electron chi connectivity index (χ1n) is 7.39. The molecule has 128 valence electrons. The number of aryl methyl sites for hydroxylation is 1. The molecular weight excluding hydrogens is 329 g/mol. The zero-order valence-electron chi connectivity index (χ0n) is 13.2. The number of phenolic OH excluding ortho intramolecular Hbond substituents is 2. The van der Waals surface area contributed by atoms with Gasteiger partial charge >= 0.3 is 5.63 Å². The molecule has 0 bridgehead atoms. The molecule has 0 unspecified atom stereocenters. The number of carbonyl (C=O) groups excluding carboxylic acids is 1. The molecule has 2 aromatic carbocycles. The molecule has 0 aliphatic carbocycles. The van der Waals surface area contributed by atoms with Crippen LogP contribution in [0.25, 0.3) is 11.0 Å². The standard InChI is InChI=1S/C18H14FNO5/c1-9-13(8-16(23)20-11-4-2-10(19)3-5-11)18(24)25-15-7-12(21)6-14(22)17(9)15/h2-7,21-22H,8H2,1H3,(H,20,23). The molecule has 3 N–H and O–H groups in total. The van der Waals surface area contributed by atoms with Crippen molar-refractivity contribution in [2.75, 3.05) is 5.32 Å². The highest BCUT2D eigenvalue weighted by atomic mass is 19.1. The fourth-order valence-electron chi connectivity index (χ4n) is 2.61. The molecule has 0 aliphatic rings. The van der Waals surface area contributed by atoms with Gasteiger partial charge in [-0.2, -0.15) is 0 Å². The zero-order chi connectivity index (χ0) is 18.1. The minimum atomic E-state index is -0.732. The molecule has 0 aliphatic heterocycles. The van der Waals surface area contributed by atoms with Gasteiger partial charge in [0.15, 0.2) is 0 Å². The lowest BCUT2D eigenvalue weighted by Gasteiger charge is -2.10. The average molecular weight is 343 g/mol. The maximum atomic E-state index is 12.9. The molecule has 0 atom stereocenters. The summed E-state index contributed by atoms with van der Waals surface area (Å²) in [6.45, 7) is 1.58. The molecule has 0 radical (unpaired) electrons. The third-order valence-corrected chi connectivity index (χ3v) is 3.81. The summed E-state index contributed by atoms with van der Waals surface area (Å²) >= 11 is 0. The van der Waals surface area contributed by atoms with Crippen molar-refractivity contribution >= 4 is 22.6 Å². The van der Waals surface area contributed by atoms with Gasteiger partial charge in [0.2, 0.25) is 5.91 Å². The van der Waals surface area contributed by atoms with Crippen molar-refractivity contribution in [1.29, 1.82) is 0 Å². The van der Waals surface area contributed by atoms with Crippen LogP contribution in [0.5, 0.6) is 11.5 Å². The van der Waals surface area contributed by atoms with Crippen molar-refractivity contribution in [3.63, 3.8) is 0 Å². The van der Waals surface area contributed by atoms with Gasteiger partial charge in [-0.1, -0.05) is 0 Å². The second-order valence-corrected chi connectivity index (χ2v) is 5.56. The molecule has 0 spiro atoms. The van der Waals surface area contributed by atoms with Gasteiger partial charge in [0.1, 0.15) is 22.9 Å². The number of halogens is 1. The van der Waals surface area contributed by atoms with Gasteiger partial charge in [-0.3, -0.25) is 4.79 Å². The molecule has 7 heteroatoms. The summed E-state index contributed by atoms with van der Waals surface area (Å²) in [4.78, 5) is 24.3. The number of hydrogen-bond donors (Lipinski definition) is 3. The summed E-state index contributed by atoms with van der Waals surface area (Å²) in [5, 5.41) is 22.3. The van der Waals surface area contributed by atoms with Crippen molar-refractivity contribution < 1.29 is 23.8 Å². The van der Waals surface area contributed by atoms with Crippen molar-refractivity contribution in [2.45, 2.75) is 13.3 Å². The SMILES string of the molecule is Cc1c(CC(=O)Nc2ccc(F)cc2)c(=O)oc2cc(O)cc(O)c12. The van der Waals surface area contributed by atoms with Crippen molar-refractivity contribution in [3.8, 4) is 11.5 Å². The Morgan fingerprint density at radius 3 is 2.56 bits per heavy atom. The van der Waals surface area contributed by atoms with Crippen LogP contribution in [0.4, 0.5) is 10.1 Å². The minimum Gasteiger partial charge on any atom is -0.508 e. The molecule has 3 rings (SSSR count). The van der Waals surface area contributed by atoms with Crippen LogP contribution in [-0.2, 0) is 11.2 Å². The van der Waals surface area contributed by atoms with Gasteiger partial charge in [0, 0.05) is 17.8 Å². The topological polar surface area (TPSA) is 99.8 Å². The predicted molar refractivity (Wildman–Crippen MR) is 89.3 cm³/mol. The fraction of sp³-hybridized carbons (Fsp3) is 0.111. The number of phenols is 2. The molecule has 0 saturated heterocycles. The Kier molecular flexibility index (Phi) is 4.14. The second kappa shape index (κ2) is 6.27. The van der Waals surface area contributed by atoms with Crippen molar-refractivity contribution in [2.24, 2.45) is 0 Å². The van der Waals surface area contributed by atoms with Crippen LogP contribution in [0.2, 0.25) is 0 Å². The Morgan fingerprint density at radius 2 is 1.88 bits per heavy atom. The largest absolute Gasteiger partial charge is 0.508 e. The van der Waals surface area contributed by atoms with E-state index in [9.17, 15) is 24.2 Å². The molecular formula is C18H14FNO5. The number of carbonyl (C=O) groups is 1. The van der Waals surface area contributed by atoms with Crippen LogP contribution in [0.3, 0.4) is 0 Å². The molecule has 25 heavy (non-hydrogen) atoms. The van der Waals surface area contributed by atoms with E-state index in [1.807, 2.05) is 0 Å². The smallest absolute Gasteiger partial charge is 0.340 e. The first-order valence-corrected chi connectivity index (χ1v) is 7.39. The lowest BCUT2D eigenvalue weighted by atomic mass is 10.0. The summed E-state index contributed by atoms with van der Waals surface area (Å²) in [6, 6.07) is 7.55. The van der Waals surface area contributed by atoms with E-state index in [0.717, 1.165) is 6.07 Å². The zero-order valence-corrected chi connectivity index (χ0v) is 13.2. The molecule has 3 aromatic rings. The minimum absolute atomic E-state index is 0.0303. The van der Waals surface area contributed by atoms with Crippen LogP contribution in [0.15, 0.2) is 45.6 Å². The van der Waals surface area contributed by atoms with Crippen LogP contribution < -0.4 is 10.9 Å². The molecule has 1 heterocycles. The van der Waals surface area contributed by atoms with Crippen molar-refractivity contribution in [1.82, 2.24) is 0 Å². The quantitative estimate of drug-likeness (QED) is 0.635. The average Bonchev–Trinajstić information content (AvgIpc) is 2.52. The Balaban J connectivity index is 1.94. The van der Waals surface area contributed by atoms with E-state index >= 15 is 0 Å². The predicted octanol–water partition coefficient (Wildman–Crippen LogP) is 2.83. The summed E-state index contributed by atoms with van der Waals surface area (Å²) in [5.74, 6) is -1.41. The number of fused-ring (bicyclic) bond motifs is 1. The van der Waals surface area contributed by atoms with Crippen LogP contribution >= 0.6 is 0 Å². The Morgan fingerprint density at radius 1 is 1.20 bits per heavy atom. The van der Waals surface area contributed by atoms with E-state index in [0.29, 0.717) is 11.3 Å².